The molecule has 1 N–H and O–H groups in total. The Morgan fingerprint density at radius 2 is 1.79 bits per heavy atom. The minimum atomic E-state index is -4.64. The molecule has 28 heavy (non-hydrogen) atoms. The number of carbonyl (C=O) groups excluding carboxylic acids is 2. The number of likely N-dealkylation sites (N-methyl/N-ethyl adjacent to an activating group) is 1. The van der Waals surface area contributed by atoms with Gasteiger partial charge >= 0.3 is 6.18 Å². The van der Waals surface area contributed by atoms with Gasteiger partial charge in [0.05, 0.1) is 30.7 Å². The molecule has 0 radical (unpaired) electrons. The maximum atomic E-state index is 12.9. The molecule has 9 heteroatoms. The lowest BCUT2D eigenvalue weighted by molar-refractivity contribution is -0.137. The molecular formula is C19H18ClF3N2O3. The van der Waals surface area contributed by atoms with Crippen LogP contribution in [0.4, 0.5) is 18.9 Å². The molecule has 2 rings (SSSR count). The van der Waals surface area contributed by atoms with Crippen LogP contribution in [-0.4, -0.2) is 37.4 Å². The Kier molecular flexibility index (Phi) is 6.90. The minimum Gasteiger partial charge on any atom is -0.497 e. The molecule has 0 atom stereocenters. The van der Waals surface area contributed by atoms with Crippen molar-refractivity contribution in [2.75, 3.05) is 26.0 Å². The number of nitrogens with zero attached hydrogens (tertiary/aromatic N) is 1. The topological polar surface area (TPSA) is 58.6 Å². The number of nitrogens with one attached hydrogen (secondary N) is 1. The summed E-state index contributed by atoms with van der Waals surface area (Å²) in [5, 5.41) is 1.88. The smallest absolute Gasteiger partial charge is 0.417 e. The van der Waals surface area contributed by atoms with Crippen molar-refractivity contribution in [3.05, 3.63) is 58.6 Å². The zero-order valence-electron chi connectivity index (χ0n) is 15.1. The predicted molar refractivity (Wildman–Crippen MR) is 99.4 cm³/mol. The molecule has 2 aromatic rings. The van der Waals surface area contributed by atoms with Crippen LogP contribution < -0.4 is 10.1 Å². The lowest BCUT2D eigenvalue weighted by atomic mass is 10.1. The molecule has 5 nitrogen and oxygen atoms in total. The lowest BCUT2D eigenvalue weighted by Gasteiger charge is -2.17. The van der Waals surface area contributed by atoms with Gasteiger partial charge in [0, 0.05) is 12.7 Å². The molecule has 0 bridgehead atoms. The van der Waals surface area contributed by atoms with Crippen molar-refractivity contribution in [3.8, 4) is 5.75 Å². The highest BCUT2D eigenvalue weighted by molar-refractivity contribution is 6.31. The number of hydrogen-bond donors (Lipinski definition) is 1. The molecular weight excluding hydrogens is 397 g/mol. The van der Waals surface area contributed by atoms with E-state index in [1.54, 1.807) is 24.3 Å². The van der Waals surface area contributed by atoms with Crippen LogP contribution >= 0.6 is 11.6 Å². The Hall–Kier alpha value is -2.74. The van der Waals surface area contributed by atoms with Crippen LogP contribution in [0.3, 0.4) is 0 Å². The number of ether oxygens (including phenoxy) is 1. The number of anilines is 1. The molecule has 0 aliphatic carbocycles. The summed E-state index contributed by atoms with van der Waals surface area (Å²) >= 11 is 5.55. The second-order valence-electron chi connectivity index (χ2n) is 6.02. The fourth-order valence-electron chi connectivity index (χ4n) is 2.38. The van der Waals surface area contributed by atoms with E-state index in [2.05, 4.69) is 5.32 Å². The van der Waals surface area contributed by atoms with Gasteiger partial charge in [-0.15, -0.1) is 0 Å². The van der Waals surface area contributed by atoms with Gasteiger partial charge in [0.2, 0.25) is 11.8 Å². The molecule has 0 heterocycles. The molecule has 0 unspecified atom stereocenters. The number of amides is 2. The van der Waals surface area contributed by atoms with Gasteiger partial charge in [0.15, 0.2) is 0 Å². The summed E-state index contributed by atoms with van der Waals surface area (Å²) < 4.78 is 43.7. The van der Waals surface area contributed by atoms with Crippen LogP contribution in [0.2, 0.25) is 5.02 Å². The van der Waals surface area contributed by atoms with Crippen LogP contribution in [-0.2, 0) is 22.2 Å². The summed E-state index contributed by atoms with van der Waals surface area (Å²) in [5.74, 6) is -0.279. The number of rotatable bonds is 6. The van der Waals surface area contributed by atoms with Crippen LogP contribution in [0.15, 0.2) is 42.5 Å². The highest BCUT2D eigenvalue weighted by Crippen LogP contribution is 2.36. The fourth-order valence-corrected chi connectivity index (χ4v) is 2.60. The Morgan fingerprint density at radius 3 is 2.36 bits per heavy atom. The van der Waals surface area contributed by atoms with Gasteiger partial charge in [-0.3, -0.25) is 9.59 Å². The van der Waals surface area contributed by atoms with Crippen molar-refractivity contribution in [3.63, 3.8) is 0 Å². The SMILES string of the molecule is COc1ccc(CC(=O)N(C)CC(=O)Nc2ccc(Cl)c(C(F)(F)F)c2)cc1. The quantitative estimate of drug-likeness (QED) is 0.777. The zero-order valence-corrected chi connectivity index (χ0v) is 15.9. The first-order valence-electron chi connectivity index (χ1n) is 8.13. The second kappa shape index (κ2) is 8.97. The van der Waals surface area contributed by atoms with Crippen LogP contribution in [0.1, 0.15) is 11.1 Å². The first kappa shape index (κ1) is 21.6. The monoisotopic (exact) mass is 414 g/mol. The average Bonchev–Trinajstić information content (AvgIpc) is 2.62. The van der Waals surface area contributed by atoms with Crippen molar-refractivity contribution >= 4 is 29.1 Å². The second-order valence-corrected chi connectivity index (χ2v) is 6.42. The highest BCUT2D eigenvalue weighted by Gasteiger charge is 2.33. The number of methoxy groups -OCH3 is 1. The van der Waals surface area contributed by atoms with Crippen molar-refractivity contribution in [1.29, 1.82) is 0 Å². The third-order valence-electron chi connectivity index (χ3n) is 3.88. The van der Waals surface area contributed by atoms with E-state index >= 15 is 0 Å². The number of halogens is 4. The van der Waals surface area contributed by atoms with Gasteiger partial charge in [0.25, 0.3) is 0 Å². The molecule has 0 saturated heterocycles. The largest absolute Gasteiger partial charge is 0.497 e. The third kappa shape index (κ3) is 5.88. The van der Waals surface area contributed by atoms with E-state index in [-0.39, 0.29) is 24.6 Å². The molecule has 0 saturated carbocycles. The first-order valence-corrected chi connectivity index (χ1v) is 8.51. The fraction of sp³-hybridized carbons (Fsp3) is 0.263. The van der Waals surface area contributed by atoms with Gasteiger partial charge < -0.3 is 15.0 Å². The highest BCUT2D eigenvalue weighted by atomic mass is 35.5. The molecule has 2 aromatic carbocycles. The molecule has 150 valence electrons. The maximum Gasteiger partial charge on any atom is 0.417 e. The molecule has 0 aromatic heterocycles. The summed E-state index contributed by atoms with van der Waals surface area (Å²) in [4.78, 5) is 25.5. The van der Waals surface area contributed by atoms with Crippen molar-refractivity contribution in [2.45, 2.75) is 12.6 Å². The van der Waals surface area contributed by atoms with Crippen molar-refractivity contribution in [1.82, 2.24) is 4.90 Å². The van der Waals surface area contributed by atoms with Crippen molar-refractivity contribution in [2.24, 2.45) is 0 Å². The van der Waals surface area contributed by atoms with E-state index in [9.17, 15) is 22.8 Å². The lowest BCUT2D eigenvalue weighted by Crippen LogP contribution is -2.35. The summed E-state index contributed by atoms with van der Waals surface area (Å²) in [6.07, 6.45) is -4.56. The van der Waals surface area contributed by atoms with E-state index in [4.69, 9.17) is 16.3 Å². The third-order valence-corrected chi connectivity index (χ3v) is 4.21. The van der Waals surface area contributed by atoms with E-state index in [0.29, 0.717) is 5.75 Å². The number of benzene rings is 2. The Morgan fingerprint density at radius 1 is 1.14 bits per heavy atom. The summed E-state index contributed by atoms with van der Waals surface area (Å²) in [7, 11) is 2.97. The van der Waals surface area contributed by atoms with Gasteiger partial charge in [-0.05, 0) is 35.9 Å². The van der Waals surface area contributed by atoms with E-state index in [1.807, 2.05) is 0 Å². The Balaban J connectivity index is 1.95. The van der Waals surface area contributed by atoms with Gasteiger partial charge in [-0.2, -0.15) is 13.2 Å². The molecule has 0 spiro atoms. The van der Waals surface area contributed by atoms with Gasteiger partial charge in [-0.1, -0.05) is 23.7 Å². The van der Waals surface area contributed by atoms with Gasteiger partial charge in [-0.25, -0.2) is 0 Å². The number of alkyl halides is 3. The average molecular weight is 415 g/mol. The van der Waals surface area contributed by atoms with Crippen molar-refractivity contribution < 1.29 is 27.5 Å². The molecule has 0 aliphatic rings. The van der Waals surface area contributed by atoms with Crippen LogP contribution in [0, 0.1) is 0 Å². The standard InChI is InChI=1S/C19H18ClF3N2O3/c1-25(18(27)9-12-3-6-14(28-2)7-4-12)11-17(26)24-13-5-8-16(20)15(10-13)19(21,22)23/h3-8,10H,9,11H2,1-2H3,(H,24,26). The zero-order chi connectivity index (χ0) is 20.9. The van der Waals surface area contributed by atoms with Gasteiger partial charge in [0.1, 0.15) is 5.75 Å². The summed E-state index contributed by atoms with van der Waals surface area (Å²) in [6.45, 7) is -0.307. The normalized spacial score (nSPS) is 11.1. The predicted octanol–water partition coefficient (Wildman–Crippen LogP) is 4.01. The van der Waals surface area contributed by atoms with Crippen LogP contribution in [0.25, 0.3) is 0 Å². The van der Waals surface area contributed by atoms with E-state index in [0.717, 1.165) is 17.7 Å². The minimum absolute atomic E-state index is 0.0577. The first-order chi connectivity index (χ1) is 13.1. The maximum absolute atomic E-state index is 12.9. The number of carbonyl (C=O) groups is 2. The summed E-state index contributed by atoms with van der Waals surface area (Å²) in [5.41, 5.74) is -0.362. The molecule has 0 aliphatic heterocycles. The van der Waals surface area contributed by atoms with E-state index < -0.39 is 22.7 Å². The Bertz CT molecular complexity index is 854. The Labute approximate surface area is 165 Å². The summed E-state index contributed by atoms with van der Waals surface area (Å²) in [6, 6.07) is 9.96. The number of hydrogen-bond acceptors (Lipinski definition) is 3. The molecule has 2 amide bonds. The van der Waals surface area contributed by atoms with Crippen LogP contribution in [0.5, 0.6) is 5.75 Å². The molecule has 0 fully saturated rings. The van der Waals surface area contributed by atoms with E-state index in [1.165, 1.54) is 25.1 Å².